The average Bonchev–Trinajstić information content (AvgIpc) is 2.52. The van der Waals surface area contributed by atoms with Crippen molar-refractivity contribution in [1.82, 2.24) is 9.55 Å². The predicted molar refractivity (Wildman–Crippen MR) is 51.3 cm³/mol. The summed E-state index contributed by atoms with van der Waals surface area (Å²) < 4.78 is 2.11. The number of imidazole rings is 1. The minimum atomic E-state index is 0.981. The summed E-state index contributed by atoms with van der Waals surface area (Å²) in [6.45, 7) is 6.31. The van der Waals surface area contributed by atoms with Crippen molar-refractivity contribution in [2.45, 2.75) is 33.2 Å². The summed E-state index contributed by atoms with van der Waals surface area (Å²) in [5, 5.41) is 3.30. The lowest BCUT2D eigenvalue weighted by Crippen LogP contribution is -2.07. The van der Waals surface area contributed by atoms with Crippen LogP contribution in [0.25, 0.3) is 0 Å². The van der Waals surface area contributed by atoms with Gasteiger partial charge in [0.2, 0.25) is 5.95 Å². The lowest BCUT2D eigenvalue weighted by molar-refractivity contribution is 0.751. The van der Waals surface area contributed by atoms with Crippen molar-refractivity contribution < 1.29 is 0 Å². The lowest BCUT2D eigenvalue weighted by Gasteiger charge is -2.06. The first kappa shape index (κ1) is 9.10. The molecular weight excluding hydrogens is 150 g/mol. The summed E-state index contributed by atoms with van der Waals surface area (Å²) in [4.78, 5) is 4.21. The normalized spacial score (nSPS) is 10.2. The Morgan fingerprint density at radius 2 is 2.33 bits per heavy atom. The number of hydrogen-bond donors (Lipinski definition) is 1. The zero-order valence-electron chi connectivity index (χ0n) is 7.88. The molecule has 0 spiro atoms. The summed E-state index contributed by atoms with van der Waals surface area (Å²) in [5.74, 6) is 0.992. The minimum Gasteiger partial charge on any atom is -0.356 e. The number of unbranched alkanes of at least 4 members (excludes halogenated alkanes) is 1. The van der Waals surface area contributed by atoms with Crippen LogP contribution in [-0.2, 0) is 6.54 Å². The summed E-state index contributed by atoms with van der Waals surface area (Å²) in [6, 6.07) is 0. The van der Waals surface area contributed by atoms with E-state index < -0.39 is 0 Å². The highest BCUT2D eigenvalue weighted by Gasteiger charge is 1.97. The summed E-state index contributed by atoms with van der Waals surface area (Å²) in [7, 11) is 0. The highest BCUT2D eigenvalue weighted by atomic mass is 15.2. The van der Waals surface area contributed by atoms with Gasteiger partial charge in [-0.1, -0.05) is 13.3 Å². The Balaban J connectivity index is 2.39. The molecule has 3 nitrogen and oxygen atoms in total. The average molecular weight is 167 g/mol. The standard InChI is InChI=1S/C9H17N3/c1-3-5-6-10-9-11-7-8-12(9)4-2/h7-8H,3-6H2,1-2H3,(H,10,11). The third-order valence-corrected chi connectivity index (χ3v) is 1.87. The molecule has 0 aliphatic carbocycles. The molecule has 0 aromatic carbocycles. The number of hydrogen-bond acceptors (Lipinski definition) is 2. The zero-order valence-corrected chi connectivity index (χ0v) is 7.88. The lowest BCUT2D eigenvalue weighted by atomic mass is 10.3. The quantitative estimate of drug-likeness (QED) is 0.681. The van der Waals surface area contributed by atoms with Crippen LogP contribution in [0.3, 0.4) is 0 Å². The molecule has 0 aliphatic rings. The number of anilines is 1. The first-order valence-electron chi connectivity index (χ1n) is 4.63. The van der Waals surface area contributed by atoms with Crippen LogP contribution in [0.15, 0.2) is 12.4 Å². The molecule has 0 unspecified atom stereocenters. The molecule has 0 saturated carbocycles. The van der Waals surface area contributed by atoms with Crippen molar-refractivity contribution in [1.29, 1.82) is 0 Å². The fraction of sp³-hybridized carbons (Fsp3) is 0.667. The molecule has 0 saturated heterocycles. The van der Waals surface area contributed by atoms with Gasteiger partial charge < -0.3 is 9.88 Å². The number of nitrogens with zero attached hydrogens (tertiary/aromatic N) is 2. The van der Waals surface area contributed by atoms with E-state index in [1.165, 1.54) is 12.8 Å². The van der Waals surface area contributed by atoms with Crippen molar-refractivity contribution in [3.05, 3.63) is 12.4 Å². The summed E-state index contributed by atoms with van der Waals surface area (Å²) in [6.07, 6.45) is 6.25. The van der Waals surface area contributed by atoms with Gasteiger partial charge in [0.25, 0.3) is 0 Å². The molecule has 1 aromatic heterocycles. The first-order valence-corrected chi connectivity index (χ1v) is 4.63. The van der Waals surface area contributed by atoms with Crippen molar-refractivity contribution in [2.75, 3.05) is 11.9 Å². The van der Waals surface area contributed by atoms with Crippen molar-refractivity contribution >= 4 is 5.95 Å². The topological polar surface area (TPSA) is 29.9 Å². The van der Waals surface area contributed by atoms with Crippen LogP contribution < -0.4 is 5.32 Å². The molecule has 0 aliphatic heterocycles. The maximum absolute atomic E-state index is 4.21. The summed E-state index contributed by atoms with van der Waals surface area (Å²) in [5.41, 5.74) is 0. The van der Waals surface area contributed by atoms with Crippen molar-refractivity contribution in [2.24, 2.45) is 0 Å². The third kappa shape index (κ3) is 2.26. The van der Waals surface area contributed by atoms with Gasteiger partial charge in [0, 0.05) is 25.5 Å². The zero-order chi connectivity index (χ0) is 8.81. The van der Waals surface area contributed by atoms with Crippen LogP contribution >= 0.6 is 0 Å². The Morgan fingerprint density at radius 3 is 3.00 bits per heavy atom. The second kappa shape index (κ2) is 4.80. The van der Waals surface area contributed by atoms with Gasteiger partial charge in [0.05, 0.1) is 0 Å². The Morgan fingerprint density at radius 1 is 1.50 bits per heavy atom. The highest BCUT2D eigenvalue weighted by Crippen LogP contribution is 2.03. The maximum Gasteiger partial charge on any atom is 0.202 e. The SMILES string of the molecule is CCCCNc1nccn1CC. The van der Waals surface area contributed by atoms with Gasteiger partial charge >= 0.3 is 0 Å². The molecular formula is C9H17N3. The molecule has 1 aromatic rings. The van der Waals surface area contributed by atoms with E-state index in [4.69, 9.17) is 0 Å². The molecule has 1 heterocycles. The second-order valence-corrected chi connectivity index (χ2v) is 2.82. The summed E-state index contributed by atoms with van der Waals surface area (Å²) >= 11 is 0. The molecule has 68 valence electrons. The Labute approximate surface area is 73.8 Å². The van der Waals surface area contributed by atoms with Gasteiger partial charge in [-0.2, -0.15) is 0 Å². The molecule has 1 N–H and O–H groups in total. The van der Waals surface area contributed by atoms with Crippen LogP contribution in [0.1, 0.15) is 26.7 Å². The molecule has 0 atom stereocenters. The van der Waals surface area contributed by atoms with Gasteiger partial charge in [0.15, 0.2) is 0 Å². The van der Waals surface area contributed by atoms with E-state index in [1.54, 1.807) is 0 Å². The van der Waals surface area contributed by atoms with E-state index in [1.807, 2.05) is 12.4 Å². The van der Waals surface area contributed by atoms with Crippen LogP contribution in [0.5, 0.6) is 0 Å². The van der Waals surface area contributed by atoms with Crippen molar-refractivity contribution in [3.63, 3.8) is 0 Å². The number of aromatic nitrogens is 2. The van der Waals surface area contributed by atoms with Crippen LogP contribution in [0.4, 0.5) is 5.95 Å². The van der Waals surface area contributed by atoms with Gasteiger partial charge in [-0.15, -0.1) is 0 Å². The van der Waals surface area contributed by atoms with E-state index in [0.29, 0.717) is 0 Å². The number of aryl methyl sites for hydroxylation is 1. The van der Waals surface area contributed by atoms with Gasteiger partial charge in [-0.05, 0) is 13.3 Å². The maximum atomic E-state index is 4.21. The first-order chi connectivity index (χ1) is 5.88. The Hall–Kier alpha value is -0.990. The molecule has 3 heteroatoms. The number of rotatable bonds is 5. The molecule has 1 rings (SSSR count). The van der Waals surface area contributed by atoms with Gasteiger partial charge in [-0.3, -0.25) is 0 Å². The van der Waals surface area contributed by atoms with E-state index in [0.717, 1.165) is 19.0 Å². The molecule has 0 bridgehead atoms. The molecule has 0 radical (unpaired) electrons. The van der Waals surface area contributed by atoms with Crippen molar-refractivity contribution in [3.8, 4) is 0 Å². The van der Waals surface area contributed by atoms with E-state index in [-0.39, 0.29) is 0 Å². The van der Waals surface area contributed by atoms with Gasteiger partial charge in [-0.25, -0.2) is 4.98 Å². The van der Waals surface area contributed by atoms with E-state index >= 15 is 0 Å². The Bertz CT molecular complexity index is 217. The molecule has 0 amide bonds. The van der Waals surface area contributed by atoms with E-state index in [2.05, 4.69) is 28.7 Å². The smallest absolute Gasteiger partial charge is 0.202 e. The van der Waals surface area contributed by atoms with Crippen LogP contribution in [-0.4, -0.2) is 16.1 Å². The molecule has 0 fully saturated rings. The highest BCUT2D eigenvalue weighted by molar-refractivity contribution is 5.25. The molecule has 12 heavy (non-hydrogen) atoms. The monoisotopic (exact) mass is 167 g/mol. The third-order valence-electron chi connectivity index (χ3n) is 1.87. The fourth-order valence-corrected chi connectivity index (χ4v) is 1.11. The van der Waals surface area contributed by atoms with Crippen LogP contribution in [0.2, 0.25) is 0 Å². The second-order valence-electron chi connectivity index (χ2n) is 2.82. The predicted octanol–water partition coefficient (Wildman–Crippen LogP) is 2.11. The van der Waals surface area contributed by atoms with Crippen LogP contribution in [0, 0.1) is 0 Å². The number of nitrogens with one attached hydrogen (secondary N) is 1. The van der Waals surface area contributed by atoms with Gasteiger partial charge in [0.1, 0.15) is 0 Å². The largest absolute Gasteiger partial charge is 0.356 e. The Kier molecular flexibility index (Phi) is 3.64. The van der Waals surface area contributed by atoms with E-state index in [9.17, 15) is 0 Å². The fourth-order valence-electron chi connectivity index (χ4n) is 1.11. The minimum absolute atomic E-state index is 0.981.